The van der Waals surface area contributed by atoms with Crippen molar-refractivity contribution >= 4 is 34.4 Å². The van der Waals surface area contributed by atoms with Crippen LogP contribution in [0.1, 0.15) is 40.8 Å². The second kappa shape index (κ2) is 9.75. The second-order valence-corrected chi connectivity index (χ2v) is 9.07. The summed E-state index contributed by atoms with van der Waals surface area (Å²) in [5.74, 6) is 0.553. The summed E-state index contributed by atoms with van der Waals surface area (Å²) < 4.78 is 5.38. The molecule has 2 aliphatic rings. The maximum atomic E-state index is 12.3. The van der Waals surface area contributed by atoms with E-state index in [-0.39, 0.29) is 17.9 Å². The lowest BCUT2D eigenvalue weighted by Gasteiger charge is -2.21. The van der Waals surface area contributed by atoms with Gasteiger partial charge in [-0.1, -0.05) is 6.07 Å². The smallest absolute Gasteiger partial charge is 0.407 e. The molecule has 1 atom stereocenters. The van der Waals surface area contributed by atoms with Crippen LogP contribution in [0, 0.1) is 23.2 Å². The number of carbonyl (C=O) groups excluding carboxylic acids is 2. The number of carbonyl (C=O) groups is 2. The first-order valence-corrected chi connectivity index (χ1v) is 11.3. The molecule has 2 amide bonds. The Morgan fingerprint density at radius 2 is 2.19 bits per heavy atom. The van der Waals surface area contributed by atoms with Gasteiger partial charge in [0.2, 0.25) is 5.91 Å². The molecule has 7 nitrogen and oxygen atoms in total. The maximum Gasteiger partial charge on any atom is 0.407 e. The third-order valence-corrected chi connectivity index (χ3v) is 6.68. The van der Waals surface area contributed by atoms with Gasteiger partial charge < -0.3 is 15.4 Å². The van der Waals surface area contributed by atoms with Gasteiger partial charge in [-0.3, -0.25) is 9.78 Å². The van der Waals surface area contributed by atoms with E-state index in [0.717, 1.165) is 35.3 Å². The lowest BCUT2D eigenvalue weighted by atomic mass is 9.88. The van der Waals surface area contributed by atoms with Crippen LogP contribution in [0.4, 0.5) is 9.80 Å². The van der Waals surface area contributed by atoms with Gasteiger partial charge in [-0.2, -0.15) is 5.26 Å². The van der Waals surface area contributed by atoms with Crippen LogP contribution in [0.3, 0.4) is 0 Å². The van der Waals surface area contributed by atoms with Gasteiger partial charge in [-0.15, -0.1) is 11.3 Å². The van der Waals surface area contributed by atoms with Crippen LogP contribution in [0.2, 0.25) is 0 Å². The number of nitrogens with zero attached hydrogens (tertiary/aromatic N) is 2. The molecule has 0 bridgehead atoms. The Bertz CT molecular complexity index is 1020. The Labute approximate surface area is 185 Å². The van der Waals surface area contributed by atoms with Crippen molar-refractivity contribution in [3.63, 3.8) is 0 Å². The van der Waals surface area contributed by atoms with Crippen LogP contribution in [0.15, 0.2) is 30.6 Å². The number of alkyl carbamates (subject to hydrolysis) is 1. The average Bonchev–Trinajstić information content (AvgIpc) is 3.55. The molecule has 0 saturated heterocycles. The Kier molecular flexibility index (Phi) is 6.63. The first-order valence-electron chi connectivity index (χ1n) is 10.5. The minimum absolute atomic E-state index is 0.221. The van der Waals surface area contributed by atoms with Gasteiger partial charge >= 0.3 is 6.09 Å². The first kappa shape index (κ1) is 21.1. The highest BCUT2D eigenvalue weighted by molar-refractivity contribution is 7.16. The highest BCUT2D eigenvalue weighted by Gasteiger charge is 2.27. The van der Waals surface area contributed by atoms with E-state index in [9.17, 15) is 14.9 Å². The molecule has 2 heterocycles. The van der Waals surface area contributed by atoms with Gasteiger partial charge in [0.25, 0.3) is 0 Å². The molecule has 4 rings (SSSR count). The number of nitrogens with one attached hydrogen (secondary N) is 2. The Morgan fingerprint density at radius 3 is 2.94 bits per heavy atom. The van der Waals surface area contributed by atoms with E-state index in [1.54, 1.807) is 24.5 Å². The third-order valence-electron chi connectivity index (χ3n) is 5.51. The van der Waals surface area contributed by atoms with Crippen LogP contribution in [0.25, 0.3) is 6.08 Å². The Morgan fingerprint density at radius 1 is 1.32 bits per heavy atom. The molecule has 0 radical (unpaired) electrons. The number of amides is 2. The average molecular weight is 437 g/mol. The van der Waals surface area contributed by atoms with Crippen LogP contribution >= 0.6 is 11.3 Å². The predicted molar refractivity (Wildman–Crippen MR) is 119 cm³/mol. The van der Waals surface area contributed by atoms with Gasteiger partial charge in [0, 0.05) is 29.9 Å². The molecular formula is C23H24N4O3S. The summed E-state index contributed by atoms with van der Waals surface area (Å²) in [4.78, 5) is 29.3. The van der Waals surface area contributed by atoms with E-state index < -0.39 is 0 Å². The number of nitriles is 1. The van der Waals surface area contributed by atoms with E-state index in [2.05, 4.69) is 21.7 Å². The van der Waals surface area contributed by atoms with Crippen LogP contribution < -0.4 is 10.6 Å². The molecular weight excluding hydrogens is 412 g/mol. The van der Waals surface area contributed by atoms with Crippen LogP contribution in [-0.4, -0.2) is 30.1 Å². The molecule has 31 heavy (non-hydrogen) atoms. The highest BCUT2D eigenvalue weighted by Crippen LogP contribution is 2.39. The van der Waals surface area contributed by atoms with E-state index in [4.69, 9.17) is 4.74 Å². The van der Waals surface area contributed by atoms with Crippen molar-refractivity contribution in [1.29, 1.82) is 5.26 Å². The molecule has 1 saturated carbocycles. The number of fused-ring (bicyclic) bond motifs is 1. The number of pyridine rings is 1. The van der Waals surface area contributed by atoms with Gasteiger partial charge in [-0.25, -0.2) is 4.79 Å². The minimum atomic E-state index is -0.352. The molecule has 0 aliphatic heterocycles. The molecule has 8 heteroatoms. The molecule has 0 aromatic carbocycles. The summed E-state index contributed by atoms with van der Waals surface area (Å²) in [6, 6.07) is 5.91. The van der Waals surface area contributed by atoms with Crippen molar-refractivity contribution in [3.8, 4) is 6.07 Å². The summed E-state index contributed by atoms with van der Waals surface area (Å²) in [6.45, 7) is 1.06. The number of ether oxygens (including phenoxy) is 1. The van der Waals surface area contributed by atoms with Crippen molar-refractivity contribution in [2.24, 2.45) is 11.8 Å². The van der Waals surface area contributed by atoms with E-state index in [1.165, 1.54) is 30.3 Å². The van der Waals surface area contributed by atoms with Gasteiger partial charge in [0.05, 0.1) is 12.2 Å². The quantitative estimate of drug-likeness (QED) is 0.641. The zero-order chi connectivity index (χ0) is 21.6. The van der Waals surface area contributed by atoms with Crippen molar-refractivity contribution in [3.05, 3.63) is 52.2 Å². The zero-order valence-corrected chi connectivity index (χ0v) is 17.9. The van der Waals surface area contributed by atoms with Crippen molar-refractivity contribution in [1.82, 2.24) is 10.3 Å². The zero-order valence-electron chi connectivity index (χ0n) is 17.1. The van der Waals surface area contributed by atoms with Crippen molar-refractivity contribution in [2.45, 2.75) is 32.1 Å². The fraction of sp³-hybridized carbons (Fsp3) is 0.391. The topological polar surface area (TPSA) is 104 Å². The Balaban J connectivity index is 1.34. The number of hydrogen-bond acceptors (Lipinski definition) is 6. The fourth-order valence-electron chi connectivity index (χ4n) is 3.60. The summed E-state index contributed by atoms with van der Waals surface area (Å²) in [5.41, 5.74) is 2.38. The van der Waals surface area contributed by atoms with Crippen LogP contribution in [-0.2, 0) is 22.4 Å². The number of aromatic nitrogens is 1. The molecule has 2 aliphatic carbocycles. The lowest BCUT2D eigenvalue weighted by molar-refractivity contribution is -0.111. The van der Waals surface area contributed by atoms with Crippen LogP contribution in [0.5, 0.6) is 0 Å². The fourth-order valence-corrected chi connectivity index (χ4v) is 4.91. The molecule has 2 aromatic rings. The molecule has 1 unspecified atom stereocenters. The number of rotatable bonds is 7. The van der Waals surface area contributed by atoms with Gasteiger partial charge in [0.15, 0.2) is 0 Å². The summed E-state index contributed by atoms with van der Waals surface area (Å²) >= 11 is 1.44. The normalized spacial score (nSPS) is 17.6. The number of anilines is 1. The molecule has 0 spiro atoms. The number of hydrogen-bond donors (Lipinski definition) is 2. The monoisotopic (exact) mass is 436 g/mol. The second-order valence-electron chi connectivity index (χ2n) is 7.96. The summed E-state index contributed by atoms with van der Waals surface area (Å²) in [5, 5.41) is 15.9. The number of thiophene rings is 1. The molecule has 1 fully saturated rings. The minimum Gasteiger partial charge on any atom is -0.449 e. The molecule has 160 valence electrons. The predicted octanol–water partition coefficient (Wildman–Crippen LogP) is 3.91. The van der Waals surface area contributed by atoms with E-state index in [1.807, 2.05) is 6.07 Å². The molecule has 2 N–H and O–H groups in total. The third kappa shape index (κ3) is 5.70. The SMILES string of the molecule is N#Cc1c(NC(=O)/C=C/c2cccnc2)sc2c1CCC(COC(=O)NCC1CC1)C2. The van der Waals surface area contributed by atoms with Gasteiger partial charge in [0.1, 0.15) is 11.1 Å². The largest absolute Gasteiger partial charge is 0.449 e. The van der Waals surface area contributed by atoms with E-state index in [0.29, 0.717) is 29.6 Å². The van der Waals surface area contributed by atoms with Crippen molar-refractivity contribution < 1.29 is 14.3 Å². The Hall–Kier alpha value is -3.18. The maximum absolute atomic E-state index is 12.3. The first-order chi connectivity index (χ1) is 15.1. The van der Waals surface area contributed by atoms with Crippen molar-refractivity contribution in [2.75, 3.05) is 18.5 Å². The lowest BCUT2D eigenvalue weighted by Crippen LogP contribution is -2.29. The highest BCUT2D eigenvalue weighted by atomic mass is 32.1. The van der Waals surface area contributed by atoms with E-state index >= 15 is 0 Å². The molecule has 2 aromatic heterocycles. The van der Waals surface area contributed by atoms with Gasteiger partial charge in [-0.05, 0) is 67.2 Å². The summed E-state index contributed by atoms with van der Waals surface area (Å²) in [6.07, 6.45) is 10.8. The summed E-state index contributed by atoms with van der Waals surface area (Å²) in [7, 11) is 0. The standard InChI is InChI=1S/C23H24N4O3S/c24-11-19-18-7-5-17(14-30-23(29)26-13-16-3-4-16)10-20(18)31-22(19)27-21(28)8-6-15-2-1-9-25-12-15/h1-2,6,8-9,12,16-17H,3-5,7,10,13-14H2,(H,26,29)(H,27,28)/b8-6+.